The van der Waals surface area contributed by atoms with Crippen molar-refractivity contribution in [3.8, 4) is 0 Å². The fourth-order valence-corrected chi connectivity index (χ4v) is 4.46. The van der Waals surface area contributed by atoms with Gasteiger partial charge in [-0.25, -0.2) is 0 Å². The Bertz CT molecular complexity index is 1290. The first-order valence-electron chi connectivity index (χ1n) is 9.81. The van der Waals surface area contributed by atoms with Crippen molar-refractivity contribution >= 4 is 51.4 Å². The molecule has 172 valence electrons. The molecular weight excluding hydrogens is 477 g/mol. The monoisotopic (exact) mass is 494 g/mol. The van der Waals surface area contributed by atoms with Crippen molar-refractivity contribution in [1.82, 2.24) is 14.7 Å². The number of hydrogen-bond acceptors (Lipinski definition) is 5. The lowest BCUT2D eigenvalue weighted by Crippen LogP contribution is -2.26. The molecule has 0 saturated heterocycles. The van der Waals surface area contributed by atoms with Gasteiger partial charge in [-0.2, -0.15) is 23.3 Å². The van der Waals surface area contributed by atoms with Gasteiger partial charge in [-0.15, -0.1) is 0 Å². The Morgan fingerprint density at radius 2 is 2.03 bits per heavy atom. The zero-order chi connectivity index (χ0) is 23.8. The topological polar surface area (TPSA) is 70.7 Å². The zero-order valence-electron chi connectivity index (χ0n) is 17.3. The Labute approximate surface area is 196 Å². The van der Waals surface area contributed by atoms with Crippen molar-refractivity contribution in [2.75, 3.05) is 20.2 Å². The summed E-state index contributed by atoms with van der Waals surface area (Å²) >= 11 is 6.98. The number of amidine groups is 1. The van der Waals surface area contributed by atoms with E-state index in [2.05, 4.69) is 10.1 Å². The van der Waals surface area contributed by atoms with Crippen molar-refractivity contribution in [3.05, 3.63) is 69.2 Å². The predicted molar refractivity (Wildman–Crippen MR) is 123 cm³/mol. The van der Waals surface area contributed by atoms with E-state index < -0.39 is 11.7 Å². The van der Waals surface area contributed by atoms with Crippen LogP contribution in [0.5, 0.6) is 0 Å². The molecule has 1 aromatic heterocycles. The molecule has 0 spiro atoms. The van der Waals surface area contributed by atoms with Gasteiger partial charge in [-0.3, -0.25) is 9.48 Å². The summed E-state index contributed by atoms with van der Waals surface area (Å²) in [6.45, 7) is 0.240. The lowest BCUT2D eigenvalue weighted by Gasteiger charge is -2.15. The number of amides is 1. The number of nitrogens with zero attached hydrogens (tertiary/aromatic N) is 4. The highest BCUT2D eigenvalue weighted by atomic mass is 35.5. The van der Waals surface area contributed by atoms with Crippen LogP contribution in [0.15, 0.2) is 52.5 Å². The summed E-state index contributed by atoms with van der Waals surface area (Å²) in [5, 5.41) is 14.6. The molecule has 1 amide bonds. The Hall–Kier alpha value is -2.82. The van der Waals surface area contributed by atoms with Crippen molar-refractivity contribution in [3.63, 3.8) is 0 Å². The zero-order valence-corrected chi connectivity index (χ0v) is 18.9. The number of thioether (sulfide) groups is 1. The minimum Gasteiger partial charge on any atom is -0.395 e. The number of alkyl halides is 3. The van der Waals surface area contributed by atoms with E-state index in [0.717, 1.165) is 17.0 Å². The molecule has 0 saturated carbocycles. The van der Waals surface area contributed by atoms with Crippen LogP contribution >= 0.6 is 23.4 Å². The normalized spacial score (nSPS) is 15.5. The molecule has 0 unspecified atom stereocenters. The van der Waals surface area contributed by atoms with Gasteiger partial charge in [0.2, 0.25) is 0 Å². The number of carbonyl (C=O) groups excluding carboxylic acids is 1. The molecule has 0 radical (unpaired) electrons. The number of aromatic nitrogens is 2. The third-order valence-corrected chi connectivity index (χ3v) is 6.37. The van der Waals surface area contributed by atoms with Crippen LogP contribution in [0.4, 0.5) is 13.2 Å². The number of likely N-dealkylation sites (N-methyl/N-ethyl adjacent to an activating group) is 1. The van der Waals surface area contributed by atoms with Gasteiger partial charge >= 0.3 is 6.18 Å². The van der Waals surface area contributed by atoms with Gasteiger partial charge in [0.1, 0.15) is 0 Å². The number of aliphatic imine (C=N–C) groups is 1. The molecule has 6 nitrogen and oxygen atoms in total. The summed E-state index contributed by atoms with van der Waals surface area (Å²) in [6.07, 6.45) is -1.25. The van der Waals surface area contributed by atoms with E-state index in [4.69, 9.17) is 16.7 Å². The molecule has 0 fully saturated rings. The number of carbonyl (C=O) groups is 1. The van der Waals surface area contributed by atoms with E-state index in [1.165, 1.54) is 28.6 Å². The van der Waals surface area contributed by atoms with E-state index in [1.54, 1.807) is 36.4 Å². The van der Waals surface area contributed by atoms with E-state index in [0.29, 0.717) is 22.1 Å². The number of fused-ring (bicyclic) bond motifs is 1. The quantitative estimate of drug-likeness (QED) is 0.523. The maximum Gasteiger partial charge on any atom is 0.416 e. The van der Waals surface area contributed by atoms with Gasteiger partial charge in [-0.1, -0.05) is 23.7 Å². The predicted octanol–water partition coefficient (Wildman–Crippen LogP) is 4.65. The molecular formula is C22H18ClF3N4O2S. The molecule has 1 aliphatic heterocycles. The minimum atomic E-state index is -4.53. The van der Waals surface area contributed by atoms with Crippen molar-refractivity contribution in [2.24, 2.45) is 4.99 Å². The number of aliphatic hydroxyl groups excluding tert-OH is 1. The van der Waals surface area contributed by atoms with Crippen LogP contribution in [0.25, 0.3) is 17.0 Å². The molecule has 1 N–H and O–H groups in total. The first-order valence-corrected chi connectivity index (χ1v) is 11.0. The maximum atomic E-state index is 13.4. The summed E-state index contributed by atoms with van der Waals surface area (Å²) < 4.78 is 41.8. The van der Waals surface area contributed by atoms with E-state index in [9.17, 15) is 18.0 Å². The van der Waals surface area contributed by atoms with E-state index in [1.807, 2.05) is 6.07 Å². The highest BCUT2D eigenvalue weighted by Crippen LogP contribution is 2.35. The van der Waals surface area contributed by atoms with Gasteiger partial charge in [0.25, 0.3) is 5.91 Å². The smallest absolute Gasteiger partial charge is 0.395 e. The van der Waals surface area contributed by atoms with Crippen molar-refractivity contribution in [2.45, 2.75) is 12.7 Å². The van der Waals surface area contributed by atoms with Crippen LogP contribution in [0, 0.1) is 0 Å². The van der Waals surface area contributed by atoms with Gasteiger partial charge in [0.05, 0.1) is 35.3 Å². The molecule has 2 heterocycles. The highest BCUT2D eigenvalue weighted by Gasteiger charge is 2.33. The summed E-state index contributed by atoms with van der Waals surface area (Å²) in [5.74, 6) is -0.363. The largest absolute Gasteiger partial charge is 0.416 e. The van der Waals surface area contributed by atoms with Crippen LogP contribution in [0.2, 0.25) is 5.02 Å². The van der Waals surface area contributed by atoms with Gasteiger partial charge in [-0.05, 0) is 53.2 Å². The highest BCUT2D eigenvalue weighted by molar-refractivity contribution is 8.18. The van der Waals surface area contributed by atoms with Gasteiger partial charge in [0.15, 0.2) is 5.17 Å². The van der Waals surface area contributed by atoms with Gasteiger partial charge < -0.3 is 10.0 Å². The molecule has 11 heteroatoms. The van der Waals surface area contributed by atoms with E-state index >= 15 is 0 Å². The molecule has 0 aliphatic carbocycles. The van der Waals surface area contributed by atoms with Crippen molar-refractivity contribution in [1.29, 1.82) is 0 Å². The number of benzene rings is 2. The van der Waals surface area contributed by atoms with Crippen LogP contribution in [0.1, 0.15) is 16.7 Å². The number of hydrogen-bond donors (Lipinski definition) is 1. The third kappa shape index (κ3) is 5.07. The average molecular weight is 495 g/mol. The number of aliphatic hydroxyl groups is 1. The number of rotatable bonds is 5. The Morgan fingerprint density at radius 1 is 1.24 bits per heavy atom. The second-order valence-corrected chi connectivity index (χ2v) is 8.82. The first-order chi connectivity index (χ1) is 15.7. The lowest BCUT2D eigenvalue weighted by atomic mass is 10.1. The molecule has 1 aliphatic rings. The van der Waals surface area contributed by atoms with Crippen LogP contribution in [-0.2, 0) is 17.5 Å². The molecule has 0 atom stereocenters. The summed E-state index contributed by atoms with van der Waals surface area (Å²) in [7, 11) is 1.74. The average Bonchev–Trinajstić information content (AvgIpc) is 3.32. The SMILES string of the molecule is CN(CCO)C1=NC(=O)C(=Cc2ccc3c(cnn3Cc3ccc(Cl)cc3C(F)(F)F)c2)S1. The maximum absolute atomic E-state index is 13.4. The van der Waals surface area contributed by atoms with Crippen LogP contribution in [0.3, 0.4) is 0 Å². The number of halogens is 4. The Kier molecular flexibility index (Phi) is 6.51. The molecule has 2 aromatic carbocycles. The standard InChI is InChI=1S/C22H18ClF3N4O2S/c1-29(6-7-31)21-28-20(32)19(33-21)9-13-2-5-18-15(8-13)11-27-30(18)12-14-3-4-16(23)10-17(14)22(24,25)26/h2-5,8-11,31H,6-7,12H2,1H3. The second kappa shape index (κ2) is 9.20. The van der Waals surface area contributed by atoms with E-state index in [-0.39, 0.29) is 29.6 Å². The Balaban J connectivity index is 1.58. The molecule has 0 bridgehead atoms. The van der Waals surface area contributed by atoms with Crippen LogP contribution in [-0.4, -0.2) is 51.1 Å². The van der Waals surface area contributed by atoms with Crippen LogP contribution < -0.4 is 0 Å². The lowest BCUT2D eigenvalue weighted by molar-refractivity contribution is -0.138. The molecule has 33 heavy (non-hydrogen) atoms. The van der Waals surface area contributed by atoms with Crippen molar-refractivity contribution < 1.29 is 23.1 Å². The summed E-state index contributed by atoms with van der Waals surface area (Å²) in [6, 6.07) is 9.02. The Morgan fingerprint density at radius 3 is 2.76 bits per heavy atom. The third-order valence-electron chi connectivity index (χ3n) is 5.03. The fraction of sp³-hybridized carbons (Fsp3) is 0.227. The first kappa shape index (κ1) is 23.3. The van der Waals surface area contributed by atoms with Gasteiger partial charge in [0, 0.05) is 24.0 Å². The minimum absolute atomic E-state index is 0.0168. The molecule has 3 aromatic rings. The second-order valence-electron chi connectivity index (χ2n) is 7.38. The summed E-state index contributed by atoms with van der Waals surface area (Å²) in [4.78, 5) is 18.4. The molecule has 4 rings (SSSR count). The fourth-order valence-electron chi connectivity index (χ4n) is 3.39. The summed E-state index contributed by atoms with van der Waals surface area (Å²) in [5.41, 5.74) is 0.665.